The lowest BCUT2D eigenvalue weighted by Gasteiger charge is -2.18. The number of esters is 1. The van der Waals surface area contributed by atoms with Crippen LogP contribution < -0.4 is 14.8 Å². The van der Waals surface area contributed by atoms with Crippen molar-refractivity contribution in [3.05, 3.63) is 57.1 Å². The quantitative estimate of drug-likeness (QED) is 0.357. The molecule has 0 heterocycles. The van der Waals surface area contributed by atoms with Crippen molar-refractivity contribution in [2.24, 2.45) is 0 Å². The maximum Gasteiger partial charge on any atom is 0.347 e. The van der Waals surface area contributed by atoms with E-state index in [4.69, 9.17) is 14.2 Å². The van der Waals surface area contributed by atoms with Crippen LogP contribution in [0.2, 0.25) is 0 Å². The molecular formula is C19H19BrN2O7. The molecule has 0 aliphatic carbocycles. The molecule has 2 aromatic rings. The Morgan fingerprint density at radius 3 is 2.28 bits per heavy atom. The zero-order valence-electron chi connectivity index (χ0n) is 15.9. The van der Waals surface area contributed by atoms with Crippen LogP contribution >= 0.6 is 15.9 Å². The highest BCUT2D eigenvalue weighted by Crippen LogP contribution is 2.29. The van der Waals surface area contributed by atoms with Crippen molar-refractivity contribution < 1.29 is 28.7 Å². The van der Waals surface area contributed by atoms with Crippen LogP contribution in [0.1, 0.15) is 13.8 Å². The van der Waals surface area contributed by atoms with Crippen molar-refractivity contribution in [3.8, 4) is 11.5 Å². The molecule has 1 N–H and O–H groups in total. The van der Waals surface area contributed by atoms with E-state index in [1.165, 1.54) is 39.2 Å². The third kappa shape index (κ3) is 6.18. The molecule has 0 aliphatic rings. The summed E-state index contributed by atoms with van der Waals surface area (Å²) in [4.78, 5) is 35.0. The molecule has 154 valence electrons. The predicted octanol–water partition coefficient (Wildman–Crippen LogP) is 3.70. The maximum atomic E-state index is 12.3. The Morgan fingerprint density at radius 2 is 1.69 bits per heavy atom. The lowest BCUT2D eigenvalue weighted by Crippen LogP contribution is -2.35. The van der Waals surface area contributed by atoms with Crippen LogP contribution in [0.5, 0.6) is 11.5 Å². The summed E-state index contributed by atoms with van der Waals surface area (Å²) in [5, 5.41) is 13.6. The summed E-state index contributed by atoms with van der Waals surface area (Å²) in [6.07, 6.45) is -2.15. The van der Waals surface area contributed by atoms with E-state index in [2.05, 4.69) is 21.2 Å². The van der Waals surface area contributed by atoms with Crippen molar-refractivity contribution in [3.63, 3.8) is 0 Å². The SMILES string of the molecule is COc1ccc(NC(=O)C(C)OC(=O)C(C)Oc2ccc(Br)cc2)c([N+](=O)[O-])c1. The van der Waals surface area contributed by atoms with Gasteiger partial charge in [0, 0.05) is 4.47 Å². The Balaban J connectivity index is 1.98. The van der Waals surface area contributed by atoms with Gasteiger partial charge in [0.05, 0.1) is 18.1 Å². The Hall–Kier alpha value is -3.14. The van der Waals surface area contributed by atoms with E-state index in [0.717, 1.165) is 4.47 Å². The van der Waals surface area contributed by atoms with Gasteiger partial charge in [0.25, 0.3) is 11.6 Å². The van der Waals surface area contributed by atoms with Gasteiger partial charge >= 0.3 is 5.97 Å². The second kappa shape index (κ2) is 9.87. The first kappa shape index (κ1) is 22.2. The van der Waals surface area contributed by atoms with E-state index >= 15 is 0 Å². The number of rotatable bonds is 8. The number of carbonyl (C=O) groups excluding carboxylic acids is 2. The number of methoxy groups -OCH3 is 1. The molecule has 0 aliphatic heterocycles. The van der Waals surface area contributed by atoms with Crippen LogP contribution in [0.25, 0.3) is 0 Å². The minimum atomic E-state index is -1.19. The third-order valence-corrected chi connectivity index (χ3v) is 4.31. The van der Waals surface area contributed by atoms with Crippen molar-refractivity contribution in [2.75, 3.05) is 12.4 Å². The first-order chi connectivity index (χ1) is 13.7. The second-order valence-electron chi connectivity index (χ2n) is 5.92. The number of halogens is 1. The third-order valence-electron chi connectivity index (χ3n) is 3.78. The van der Waals surface area contributed by atoms with Gasteiger partial charge in [0.15, 0.2) is 12.2 Å². The van der Waals surface area contributed by atoms with Crippen LogP contribution in [0.3, 0.4) is 0 Å². The molecule has 29 heavy (non-hydrogen) atoms. The Kier molecular flexibility index (Phi) is 7.54. The van der Waals surface area contributed by atoms with E-state index in [9.17, 15) is 19.7 Å². The van der Waals surface area contributed by atoms with Crippen LogP contribution in [-0.4, -0.2) is 36.1 Å². The molecule has 2 unspecified atom stereocenters. The molecule has 0 spiro atoms. The van der Waals surface area contributed by atoms with Crippen molar-refractivity contribution in [1.29, 1.82) is 0 Å². The van der Waals surface area contributed by atoms with Gasteiger partial charge < -0.3 is 19.5 Å². The largest absolute Gasteiger partial charge is 0.496 e. The van der Waals surface area contributed by atoms with Gasteiger partial charge in [0.1, 0.15) is 17.2 Å². The average molecular weight is 467 g/mol. The number of nitrogens with zero attached hydrogens (tertiary/aromatic N) is 1. The number of carbonyl (C=O) groups is 2. The molecule has 0 saturated heterocycles. The molecule has 0 radical (unpaired) electrons. The number of nitro groups is 1. The fraction of sp³-hybridized carbons (Fsp3) is 0.263. The number of ether oxygens (including phenoxy) is 3. The van der Waals surface area contributed by atoms with Gasteiger partial charge in [-0.05, 0) is 50.2 Å². The first-order valence-corrected chi connectivity index (χ1v) is 9.26. The van der Waals surface area contributed by atoms with Gasteiger partial charge in [-0.1, -0.05) is 15.9 Å². The molecule has 0 saturated carbocycles. The smallest absolute Gasteiger partial charge is 0.347 e. The lowest BCUT2D eigenvalue weighted by atomic mass is 10.2. The summed E-state index contributed by atoms with van der Waals surface area (Å²) in [6.45, 7) is 2.85. The van der Waals surface area contributed by atoms with Gasteiger partial charge in [-0.15, -0.1) is 0 Å². The van der Waals surface area contributed by atoms with E-state index in [-0.39, 0.29) is 17.1 Å². The highest BCUT2D eigenvalue weighted by atomic mass is 79.9. The monoisotopic (exact) mass is 466 g/mol. The van der Waals surface area contributed by atoms with Crippen LogP contribution in [-0.2, 0) is 14.3 Å². The maximum absolute atomic E-state index is 12.3. The van der Waals surface area contributed by atoms with E-state index in [1.807, 2.05) is 0 Å². The number of nitrogens with one attached hydrogen (secondary N) is 1. The minimum absolute atomic E-state index is 0.0390. The Bertz CT molecular complexity index is 902. The normalized spacial score (nSPS) is 12.4. The van der Waals surface area contributed by atoms with Crippen LogP contribution in [0.15, 0.2) is 46.9 Å². The van der Waals surface area contributed by atoms with Gasteiger partial charge in [-0.3, -0.25) is 14.9 Å². The van der Waals surface area contributed by atoms with Crippen molar-refractivity contribution in [2.45, 2.75) is 26.1 Å². The van der Waals surface area contributed by atoms with E-state index in [0.29, 0.717) is 5.75 Å². The number of amides is 1. The second-order valence-corrected chi connectivity index (χ2v) is 6.84. The van der Waals surface area contributed by atoms with Gasteiger partial charge in [-0.25, -0.2) is 4.79 Å². The lowest BCUT2D eigenvalue weighted by molar-refractivity contribution is -0.384. The number of benzene rings is 2. The zero-order valence-corrected chi connectivity index (χ0v) is 17.5. The van der Waals surface area contributed by atoms with Crippen molar-refractivity contribution >= 4 is 39.2 Å². The minimum Gasteiger partial charge on any atom is -0.496 e. The average Bonchev–Trinajstić information content (AvgIpc) is 2.69. The van der Waals surface area contributed by atoms with Crippen LogP contribution in [0.4, 0.5) is 11.4 Å². The molecule has 9 nitrogen and oxygen atoms in total. The first-order valence-electron chi connectivity index (χ1n) is 8.47. The van der Waals surface area contributed by atoms with Crippen LogP contribution in [0, 0.1) is 10.1 Å². The standard InChI is InChI=1S/C19H19BrN2O7/c1-11(29-19(24)12(2)28-14-6-4-13(20)5-7-14)18(23)21-16-9-8-15(27-3)10-17(16)22(25)26/h4-12H,1-3H3,(H,21,23). The topological polar surface area (TPSA) is 117 Å². The number of hydrogen-bond donors (Lipinski definition) is 1. The summed E-state index contributed by atoms with van der Waals surface area (Å²) in [5.74, 6) is -0.737. The Morgan fingerprint density at radius 1 is 1.07 bits per heavy atom. The predicted molar refractivity (Wildman–Crippen MR) is 108 cm³/mol. The van der Waals surface area contributed by atoms with Gasteiger partial charge in [0.2, 0.25) is 0 Å². The highest BCUT2D eigenvalue weighted by Gasteiger charge is 2.25. The molecular weight excluding hydrogens is 448 g/mol. The fourth-order valence-corrected chi connectivity index (χ4v) is 2.48. The molecule has 0 aromatic heterocycles. The fourth-order valence-electron chi connectivity index (χ4n) is 2.22. The molecule has 10 heteroatoms. The summed E-state index contributed by atoms with van der Waals surface area (Å²) >= 11 is 3.30. The number of hydrogen-bond acceptors (Lipinski definition) is 7. The molecule has 0 bridgehead atoms. The van der Waals surface area contributed by atoms with Crippen molar-refractivity contribution in [1.82, 2.24) is 0 Å². The molecule has 2 rings (SSSR count). The zero-order chi connectivity index (χ0) is 21.6. The summed E-state index contributed by atoms with van der Waals surface area (Å²) in [6, 6.07) is 10.8. The highest BCUT2D eigenvalue weighted by molar-refractivity contribution is 9.10. The molecule has 0 fully saturated rings. The summed E-state index contributed by atoms with van der Waals surface area (Å²) in [7, 11) is 1.37. The van der Waals surface area contributed by atoms with E-state index in [1.54, 1.807) is 24.3 Å². The van der Waals surface area contributed by atoms with Gasteiger partial charge in [-0.2, -0.15) is 0 Å². The summed E-state index contributed by atoms with van der Waals surface area (Å²) in [5.41, 5.74) is -0.383. The molecule has 1 amide bonds. The van der Waals surface area contributed by atoms with E-state index < -0.39 is 29.0 Å². The summed E-state index contributed by atoms with van der Waals surface area (Å²) < 4.78 is 16.4. The molecule has 2 aromatic carbocycles. The molecule has 2 atom stereocenters. The number of anilines is 1. The Labute approximate surface area is 175 Å². The number of nitro benzene ring substituents is 1.